The van der Waals surface area contributed by atoms with E-state index in [0.29, 0.717) is 17.3 Å². The van der Waals surface area contributed by atoms with Crippen LogP contribution in [0.1, 0.15) is 32.3 Å². The van der Waals surface area contributed by atoms with Crippen LogP contribution in [0.2, 0.25) is 0 Å². The number of hydrogen-bond donors (Lipinski definition) is 1. The lowest BCUT2D eigenvalue weighted by molar-refractivity contribution is -0.384. The Hall–Kier alpha value is -2.13. The van der Waals surface area contributed by atoms with Gasteiger partial charge in [-0.2, -0.15) is 5.26 Å². The summed E-state index contributed by atoms with van der Waals surface area (Å²) < 4.78 is 0. The second-order valence-electron chi connectivity index (χ2n) is 5.30. The van der Waals surface area contributed by atoms with Gasteiger partial charge in [0, 0.05) is 31.2 Å². The van der Waals surface area contributed by atoms with Crippen molar-refractivity contribution in [3.05, 3.63) is 33.9 Å². The van der Waals surface area contributed by atoms with Gasteiger partial charge in [0.2, 0.25) is 0 Å². The molecule has 1 saturated heterocycles. The van der Waals surface area contributed by atoms with E-state index in [2.05, 4.69) is 30.1 Å². The van der Waals surface area contributed by atoms with E-state index in [4.69, 9.17) is 5.26 Å². The summed E-state index contributed by atoms with van der Waals surface area (Å²) in [6.07, 6.45) is 1.87. The summed E-state index contributed by atoms with van der Waals surface area (Å²) in [5.74, 6) is 0. The monoisotopic (exact) mass is 288 g/mol. The largest absolute Gasteiger partial charge is 0.360 e. The van der Waals surface area contributed by atoms with Crippen LogP contribution in [0.4, 0.5) is 11.4 Å². The minimum absolute atomic E-state index is 0.0733. The van der Waals surface area contributed by atoms with Gasteiger partial charge in [-0.15, -0.1) is 0 Å². The fourth-order valence-corrected chi connectivity index (χ4v) is 2.77. The number of anilines is 1. The van der Waals surface area contributed by atoms with Crippen molar-refractivity contribution in [3.63, 3.8) is 0 Å². The molecule has 0 radical (unpaired) electrons. The Morgan fingerprint density at radius 1 is 1.48 bits per heavy atom. The Balaban J connectivity index is 2.45. The minimum Gasteiger partial charge on any atom is -0.360 e. The van der Waals surface area contributed by atoms with E-state index in [9.17, 15) is 10.1 Å². The second-order valence-corrected chi connectivity index (χ2v) is 5.30. The molecule has 0 saturated carbocycles. The lowest BCUT2D eigenvalue weighted by atomic mass is 10.0. The SMILES string of the molecule is CCC1CN(c2cc(C#N)ccc2[N+](=O)[O-])C(CC)CN1. The fraction of sp³-hybridized carbons (Fsp3) is 0.533. The van der Waals surface area contributed by atoms with Crippen molar-refractivity contribution in [1.29, 1.82) is 5.26 Å². The fourth-order valence-electron chi connectivity index (χ4n) is 2.77. The van der Waals surface area contributed by atoms with Crippen LogP contribution in [-0.2, 0) is 0 Å². The van der Waals surface area contributed by atoms with Gasteiger partial charge in [-0.3, -0.25) is 10.1 Å². The van der Waals surface area contributed by atoms with E-state index >= 15 is 0 Å². The number of rotatable bonds is 4. The summed E-state index contributed by atoms with van der Waals surface area (Å²) in [5, 5.41) is 23.8. The second kappa shape index (κ2) is 6.55. The van der Waals surface area contributed by atoms with Gasteiger partial charge in [-0.25, -0.2) is 0 Å². The Morgan fingerprint density at radius 2 is 2.24 bits per heavy atom. The molecule has 112 valence electrons. The first-order valence-corrected chi connectivity index (χ1v) is 7.29. The molecule has 0 aromatic heterocycles. The molecule has 21 heavy (non-hydrogen) atoms. The molecule has 1 aliphatic heterocycles. The molecule has 2 atom stereocenters. The van der Waals surface area contributed by atoms with Crippen molar-refractivity contribution in [2.75, 3.05) is 18.0 Å². The van der Waals surface area contributed by atoms with Crippen LogP contribution in [0.5, 0.6) is 0 Å². The molecule has 1 heterocycles. The van der Waals surface area contributed by atoms with E-state index in [-0.39, 0.29) is 16.7 Å². The Bertz CT molecular complexity index is 567. The van der Waals surface area contributed by atoms with Gasteiger partial charge in [-0.1, -0.05) is 13.8 Å². The number of nitriles is 1. The maximum absolute atomic E-state index is 11.3. The van der Waals surface area contributed by atoms with Gasteiger partial charge in [0.1, 0.15) is 5.69 Å². The van der Waals surface area contributed by atoms with Gasteiger partial charge in [0.05, 0.1) is 16.6 Å². The normalized spacial score (nSPS) is 21.9. The number of nitrogens with zero attached hydrogens (tertiary/aromatic N) is 3. The Morgan fingerprint density at radius 3 is 2.81 bits per heavy atom. The third-order valence-electron chi connectivity index (χ3n) is 4.07. The van der Waals surface area contributed by atoms with Crippen molar-refractivity contribution in [1.82, 2.24) is 5.32 Å². The van der Waals surface area contributed by atoms with Crippen LogP contribution in [0.25, 0.3) is 0 Å². The number of nitro benzene ring substituents is 1. The van der Waals surface area contributed by atoms with Gasteiger partial charge in [0.25, 0.3) is 5.69 Å². The molecule has 0 bridgehead atoms. The first kappa shape index (κ1) is 15.3. The smallest absolute Gasteiger partial charge is 0.292 e. The van der Waals surface area contributed by atoms with Crippen LogP contribution >= 0.6 is 0 Å². The van der Waals surface area contributed by atoms with E-state index in [1.54, 1.807) is 6.07 Å². The molecule has 1 aromatic carbocycles. The first-order chi connectivity index (χ1) is 10.1. The van der Waals surface area contributed by atoms with Crippen molar-refractivity contribution >= 4 is 11.4 Å². The summed E-state index contributed by atoms with van der Waals surface area (Å²) in [6.45, 7) is 5.71. The van der Waals surface area contributed by atoms with E-state index in [1.165, 1.54) is 12.1 Å². The molecular weight excluding hydrogens is 268 g/mol. The lowest BCUT2D eigenvalue weighted by Gasteiger charge is -2.41. The molecule has 1 aromatic rings. The highest BCUT2D eigenvalue weighted by atomic mass is 16.6. The number of nitrogens with one attached hydrogen (secondary N) is 1. The molecule has 1 aliphatic rings. The third-order valence-corrected chi connectivity index (χ3v) is 4.07. The molecule has 6 heteroatoms. The van der Waals surface area contributed by atoms with Crippen molar-refractivity contribution in [2.45, 2.75) is 38.8 Å². The number of benzene rings is 1. The summed E-state index contributed by atoms with van der Waals surface area (Å²) in [7, 11) is 0. The summed E-state index contributed by atoms with van der Waals surface area (Å²) in [5.41, 5.74) is 1.09. The van der Waals surface area contributed by atoms with E-state index in [1.807, 2.05) is 0 Å². The zero-order chi connectivity index (χ0) is 15.4. The van der Waals surface area contributed by atoms with Crippen molar-refractivity contribution in [3.8, 4) is 6.07 Å². The molecule has 0 amide bonds. The van der Waals surface area contributed by atoms with Crippen molar-refractivity contribution < 1.29 is 4.92 Å². The molecule has 2 unspecified atom stereocenters. The standard InChI is InChI=1S/C15H20N4O2/c1-3-12-10-18(13(4-2)9-17-12)15-7-11(8-16)5-6-14(15)19(20)21/h5-7,12-13,17H,3-4,9-10H2,1-2H3. The molecule has 0 aliphatic carbocycles. The number of nitro groups is 1. The Kier molecular flexibility index (Phi) is 4.76. The Labute approximate surface area is 124 Å². The van der Waals surface area contributed by atoms with Crippen LogP contribution in [0.3, 0.4) is 0 Å². The topological polar surface area (TPSA) is 82.2 Å². The predicted molar refractivity (Wildman–Crippen MR) is 81.3 cm³/mol. The molecular formula is C15H20N4O2. The average molecular weight is 288 g/mol. The zero-order valence-electron chi connectivity index (χ0n) is 12.4. The number of piperazine rings is 1. The highest BCUT2D eigenvalue weighted by Crippen LogP contribution is 2.32. The van der Waals surface area contributed by atoms with Gasteiger partial charge in [-0.05, 0) is 25.0 Å². The van der Waals surface area contributed by atoms with Gasteiger partial charge in [0.15, 0.2) is 0 Å². The van der Waals surface area contributed by atoms with Crippen LogP contribution in [0, 0.1) is 21.4 Å². The highest BCUT2D eigenvalue weighted by Gasteiger charge is 2.30. The maximum atomic E-state index is 11.3. The van der Waals surface area contributed by atoms with Crippen LogP contribution < -0.4 is 10.2 Å². The third kappa shape index (κ3) is 3.14. The van der Waals surface area contributed by atoms with E-state index < -0.39 is 0 Å². The molecule has 1 fully saturated rings. The van der Waals surface area contributed by atoms with Gasteiger partial charge >= 0.3 is 0 Å². The summed E-state index contributed by atoms with van der Waals surface area (Å²) in [6, 6.07) is 7.17. The summed E-state index contributed by atoms with van der Waals surface area (Å²) >= 11 is 0. The first-order valence-electron chi connectivity index (χ1n) is 7.29. The minimum atomic E-state index is -0.369. The quantitative estimate of drug-likeness (QED) is 0.679. The molecule has 2 rings (SSSR count). The maximum Gasteiger partial charge on any atom is 0.292 e. The average Bonchev–Trinajstić information content (AvgIpc) is 2.53. The molecule has 6 nitrogen and oxygen atoms in total. The van der Waals surface area contributed by atoms with Crippen molar-refractivity contribution in [2.24, 2.45) is 0 Å². The molecule has 1 N–H and O–H groups in total. The zero-order valence-corrected chi connectivity index (χ0v) is 12.4. The lowest BCUT2D eigenvalue weighted by Crippen LogP contribution is -2.56. The number of hydrogen-bond acceptors (Lipinski definition) is 5. The predicted octanol–water partition coefficient (Wildman–Crippen LogP) is 2.43. The molecule has 0 spiro atoms. The summed E-state index contributed by atoms with van der Waals surface area (Å²) in [4.78, 5) is 13.0. The van der Waals surface area contributed by atoms with E-state index in [0.717, 1.165) is 25.9 Å². The van der Waals surface area contributed by atoms with Gasteiger partial charge < -0.3 is 10.2 Å². The van der Waals surface area contributed by atoms with Crippen LogP contribution in [0.15, 0.2) is 18.2 Å². The van der Waals surface area contributed by atoms with Crippen LogP contribution in [-0.4, -0.2) is 30.1 Å². The highest BCUT2D eigenvalue weighted by molar-refractivity contribution is 5.67.